The van der Waals surface area contributed by atoms with Crippen LogP contribution >= 0.6 is 0 Å². The van der Waals surface area contributed by atoms with Crippen molar-refractivity contribution in [3.05, 3.63) is 102 Å². The highest BCUT2D eigenvalue weighted by atomic mass is 16.5. The van der Waals surface area contributed by atoms with Crippen LogP contribution in [0.4, 0.5) is 5.69 Å². The molecule has 0 spiro atoms. The van der Waals surface area contributed by atoms with E-state index in [1.807, 2.05) is 91.0 Å². The highest BCUT2D eigenvalue weighted by Gasteiger charge is 2.22. The summed E-state index contributed by atoms with van der Waals surface area (Å²) in [6, 6.07) is 24.8. The number of benzene rings is 3. The van der Waals surface area contributed by atoms with E-state index in [4.69, 9.17) is 9.94 Å². The van der Waals surface area contributed by atoms with E-state index in [1.54, 1.807) is 12.6 Å². The minimum atomic E-state index is -0.569. The number of rotatable bonds is 8. The van der Waals surface area contributed by atoms with Crippen LogP contribution in [0.25, 0.3) is 6.08 Å². The number of nitrogens with one attached hydrogen (secondary N) is 2. The van der Waals surface area contributed by atoms with Crippen molar-refractivity contribution < 1.29 is 14.7 Å². The number of carbonyl (C=O) groups is 1. The van der Waals surface area contributed by atoms with Gasteiger partial charge in [0.2, 0.25) is 0 Å². The van der Waals surface area contributed by atoms with Crippen molar-refractivity contribution in [1.82, 2.24) is 5.48 Å². The van der Waals surface area contributed by atoms with Gasteiger partial charge in [0.25, 0.3) is 5.91 Å². The fourth-order valence-corrected chi connectivity index (χ4v) is 3.17. The molecule has 5 heteroatoms. The highest BCUT2D eigenvalue weighted by Crippen LogP contribution is 2.26. The van der Waals surface area contributed by atoms with Crippen molar-refractivity contribution >= 4 is 17.7 Å². The third-order valence-electron chi connectivity index (χ3n) is 4.61. The van der Waals surface area contributed by atoms with Crippen LogP contribution in [-0.2, 0) is 4.79 Å². The van der Waals surface area contributed by atoms with Gasteiger partial charge in [-0.05, 0) is 29.3 Å². The molecule has 0 saturated carbocycles. The van der Waals surface area contributed by atoms with Crippen LogP contribution in [0.1, 0.15) is 22.6 Å². The third-order valence-corrected chi connectivity index (χ3v) is 4.61. The van der Waals surface area contributed by atoms with Crippen molar-refractivity contribution in [2.24, 2.45) is 0 Å². The molecule has 5 nitrogen and oxygen atoms in total. The molecular weight excluding hydrogens is 364 g/mol. The second kappa shape index (κ2) is 10.1. The number of para-hydroxylation sites is 1. The summed E-state index contributed by atoms with van der Waals surface area (Å²) in [6.45, 7) is 0.649. The summed E-state index contributed by atoms with van der Waals surface area (Å²) in [6.07, 6.45) is 4.04. The topological polar surface area (TPSA) is 70.6 Å². The fraction of sp³-hybridized carbons (Fsp3) is 0.125. The molecule has 29 heavy (non-hydrogen) atoms. The van der Waals surface area contributed by atoms with Gasteiger partial charge in [0, 0.05) is 17.8 Å². The first-order valence-corrected chi connectivity index (χ1v) is 9.35. The van der Waals surface area contributed by atoms with E-state index >= 15 is 0 Å². The normalized spacial score (nSPS) is 11.8. The van der Waals surface area contributed by atoms with Crippen LogP contribution in [0, 0.1) is 0 Å². The first kappa shape index (κ1) is 20.2. The largest absolute Gasteiger partial charge is 0.496 e. The zero-order valence-electron chi connectivity index (χ0n) is 16.2. The van der Waals surface area contributed by atoms with E-state index in [0.29, 0.717) is 6.54 Å². The molecular formula is C24H24N2O3. The Morgan fingerprint density at radius 3 is 2.31 bits per heavy atom. The second-order valence-corrected chi connectivity index (χ2v) is 6.47. The average molecular weight is 388 g/mol. The van der Waals surface area contributed by atoms with Gasteiger partial charge < -0.3 is 10.1 Å². The summed E-state index contributed by atoms with van der Waals surface area (Å²) in [7, 11) is 1.66. The molecule has 0 aliphatic carbocycles. The maximum absolute atomic E-state index is 12.2. The van der Waals surface area contributed by atoms with E-state index in [1.165, 1.54) is 0 Å². The molecule has 0 saturated heterocycles. The predicted octanol–water partition coefficient (Wildman–Crippen LogP) is 4.46. The molecule has 0 aliphatic rings. The molecule has 1 unspecified atom stereocenters. The van der Waals surface area contributed by atoms with Crippen molar-refractivity contribution in [2.75, 3.05) is 19.0 Å². The summed E-state index contributed by atoms with van der Waals surface area (Å²) in [4.78, 5) is 12.2. The number of anilines is 1. The summed E-state index contributed by atoms with van der Waals surface area (Å²) < 4.78 is 5.34. The Morgan fingerprint density at radius 1 is 0.966 bits per heavy atom. The number of amides is 1. The Balaban J connectivity index is 1.66. The number of methoxy groups -OCH3 is 1. The van der Waals surface area contributed by atoms with Crippen molar-refractivity contribution in [2.45, 2.75) is 5.92 Å². The van der Waals surface area contributed by atoms with Crippen LogP contribution in [0.15, 0.2) is 84.9 Å². The number of hydrogen-bond acceptors (Lipinski definition) is 4. The van der Waals surface area contributed by atoms with Crippen LogP contribution in [-0.4, -0.2) is 24.8 Å². The Morgan fingerprint density at radius 2 is 1.62 bits per heavy atom. The minimum absolute atomic E-state index is 0.461. The van der Waals surface area contributed by atoms with Gasteiger partial charge in [-0.15, -0.1) is 0 Å². The average Bonchev–Trinajstić information content (AvgIpc) is 2.78. The van der Waals surface area contributed by atoms with E-state index in [9.17, 15) is 4.79 Å². The maximum atomic E-state index is 12.2. The number of ether oxygens (including phenoxy) is 1. The minimum Gasteiger partial charge on any atom is -0.496 e. The van der Waals surface area contributed by atoms with Crippen molar-refractivity contribution in [3.8, 4) is 5.75 Å². The van der Waals surface area contributed by atoms with Gasteiger partial charge in [-0.1, -0.05) is 72.8 Å². The second-order valence-electron chi connectivity index (χ2n) is 6.47. The van der Waals surface area contributed by atoms with Crippen molar-refractivity contribution in [3.63, 3.8) is 0 Å². The van der Waals surface area contributed by atoms with Crippen LogP contribution in [0.2, 0.25) is 0 Å². The molecule has 3 N–H and O–H groups in total. The SMILES string of the molecule is COc1ccccc1/C=C/CNc1ccc(C(C(=O)NO)c2ccccc2)cc1. The monoisotopic (exact) mass is 388 g/mol. The molecule has 3 rings (SSSR count). The zero-order valence-corrected chi connectivity index (χ0v) is 16.2. The molecule has 0 radical (unpaired) electrons. The molecule has 3 aromatic rings. The van der Waals surface area contributed by atoms with Gasteiger partial charge in [0.15, 0.2) is 0 Å². The summed E-state index contributed by atoms with van der Waals surface area (Å²) in [5.41, 5.74) is 5.35. The van der Waals surface area contributed by atoms with Gasteiger partial charge in [-0.3, -0.25) is 10.0 Å². The molecule has 3 aromatic carbocycles. The summed E-state index contributed by atoms with van der Waals surface area (Å²) in [5.74, 6) is -0.195. The third kappa shape index (κ3) is 5.24. The quantitative estimate of drug-likeness (QED) is 0.394. The first-order chi connectivity index (χ1) is 14.2. The lowest BCUT2D eigenvalue weighted by Gasteiger charge is -2.16. The van der Waals surface area contributed by atoms with E-state index in [2.05, 4.69) is 5.32 Å². The van der Waals surface area contributed by atoms with E-state index in [0.717, 1.165) is 28.1 Å². The van der Waals surface area contributed by atoms with Gasteiger partial charge in [-0.25, -0.2) is 5.48 Å². The van der Waals surface area contributed by atoms with Crippen LogP contribution < -0.4 is 15.5 Å². The molecule has 0 fully saturated rings. The maximum Gasteiger partial charge on any atom is 0.255 e. The lowest BCUT2D eigenvalue weighted by Crippen LogP contribution is -2.27. The molecule has 0 bridgehead atoms. The molecule has 0 aromatic heterocycles. The highest BCUT2D eigenvalue weighted by molar-refractivity contribution is 5.86. The van der Waals surface area contributed by atoms with Crippen molar-refractivity contribution in [1.29, 1.82) is 0 Å². The predicted molar refractivity (Wildman–Crippen MR) is 115 cm³/mol. The Labute approximate surface area is 170 Å². The number of carbonyl (C=O) groups excluding carboxylic acids is 1. The van der Waals surface area contributed by atoms with Gasteiger partial charge in [0.1, 0.15) is 5.75 Å². The molecule has 1 atom stereocenters. The Bertz CT molecular complexity index is 953. The fourth-order valence-electron chi connectivity index (χ4n) is 3.17. The molecule has 1 amide bonds. The van der Waals surface area contributed by atoms with E-state index in [-0.39, 0.29) is 0 Å². The number of hydroxylamine groups is 1. The smallest absolute Gasteiger partial charge is 0.255 e. The van der Waals surface area contributed by atoms with Crippen LogP contribution in [0.3, 0.4) is 0 Å². The Hall–Kier alpha value is -3.57. The summed E-state index contributed by atoms with van der Waals surface area (Å²) >= 11 is 0. The van der Waals surface area contributed by atoms with E-state index < -0.39 is 11.8 Å². The van der Waals surface area contributed by atoms with Gasteiger partial charge in [0.05, 0.1) is 13.0 Å². The molecule has 0 aliphatic heterocycles. The summed E-state index contributed by atoms with van der Waals surface area (Å²) in [5, 5.41) is 12.5. The molecule has 148 valence electrons. The first-order valence-electron chi connectivity index (χ1n) is 9.35. The lowest BCUT2D eigenvalue weighted by atomic mass is 9.90. The Kier molecular flexibility index (Phi) is 7.03. The van der Waals surface area contributed by atoms with Crippen LogP contribution in [0.5, 0.6) is 5.75 Å². The van der Waals surface area contributed by atoms with Gasteiger partial charge in [-0.2, -0.15) is 0 Å². The zero-order chi connectivity index (χ0) is 20.5. The standard InChI is InChI=1S/C24H24N2O3/c1-29-22-12-6-5-8-18(22)11-7-17-25-21-15-13-20(14-16-21)23(24(27)26-28)19-9-3-2-4-10-19/h2-16,23,25,28H,17H2,1H3,(H,26,27)/b11-7+. The molecule has 0 heterocycles. The number of hydrogen-bond donors (Lipinski definition) is 3. The lowest BCUT2D eigenvalue weighted by molar-refractivity contribution is -0.129. The van der Waals surface area contributed by atoms with Gasteiger partial charge >= 0.3 is 0 Å².